The van der Waals surface area contributed by atoms with Gasteiger partial charge in [-0.05, 0) is 83.7 Å². The van der Waals surface area contributed by atoms with Crippen LogP contribution in [0.3, 0.4) is 0 Å². The van der Waals surface area contributed by atoms with Crippen LogP contribution in [0.2, 0.25) is 0 Å². The van der Waals surface area contributed by atoms with E-state index >= 15 is 0 Å². The molecule has 2 nitrogen and oxygen atoms in total. The first-order chi connectivity index (χ1) is 14.8. The van der Waals surface area contributed by atoms with E-state index in [4.69, 9.17) is 0 Å². The molecule has 194 valence electrons. The van der Waals surface area contributed by atoms with Crippen LogP contribution < -0.4 is 0 Å². The molecule has 0 aromatic heterocycles. The van der Waals surface area contributed by atoms with Crippen molar-refractivity contribution in [2.24, 2.45) is 11.8 Å². The van der Waals surface area contributed by atoms with Crippen molar-refractivity contribution in [1.82, 2.24) is 9.80 Å². The minimum Gasteiger partial charge on any atom is -0.306 e. The molecule has 0 unspecified atom stereocenters. The predicted octanol–water partition coefficient (Wildman–Crippen LogP) is 8.76. The maximum atomic E-state index is 2.77. The van der Waals surface area contributed by atoms with E-state index in [-0.39, 0.29) is 24.8 Å². The molecule has 0 aromatic carbocycles. The summed E-state index contributed by atoms with van der Waals surface area (Å²) < 4.78 is 0. The van der Waals surface area contributed by atoms with Crippen molar-refractivity contribution in [3.8, 4) is 0 Å². The molecule has 2 aliphatic heterocycles. The Kier molecular flexibility index (Phi) is 22.3. The molecule has 0 spiro atoms. The summed E-state index contributed by atoms with van der Waals surface area (Å²) in [6.07, 6.45) is 27.9. The topological polar surface area (TPSA) is 6.48 Å². The zero-order valence-corrected chi connectivity index (χ0v) is 23.5. The highest BCUT2D eigenvalue weighted by Crippen LogP contribution is 2.28. The van der Waals surface area contributed by atoms with Gasteiger partial charge in [-0.3, -0.25) is 0 Å². The van der Waals surface area contributed by atoms with Gasteiger partial charge in [-0.25, -0.2) is 0 Å². The van der Waals surface area contributed by atoms with Crippen LogP contribution in [-0.4, -0.2) is 49.6 Å². The Balaban J connectivity index is 0.00000480. The Labute approximate surface area is 214 Å². The maximum absolute atomic E-state index is 2.77. The number of piperidine rings is 2. The molecule has 0 atom stereocenters. The summed E-state index contributed by atoms with van der Waals surface area (Å²) in [7, 11) is 2.28. The summed E-state index contributed by atoms with van der Waals surface area (Å²) in [6.45, 7) is 9.12. The number of hydrogen-bond donors (Lipinski definition) is 0. The first-order valence-corrected chi connectivity index (χ1v) is 14.2. The normalized spacial score (nSPS) is 18.9. The van der Waals surface area contributed by atoms with Gasteiger partial charge in [0.2, 0.25) is 0 Å². The standard InChI is InChI=1S/C28H56N2.2ClH/c1-3-4-5-6-7-8-9-10-11-12-13-14-15-22-30-25-20-28(21-26-30)17-16-27-18-23-29(2)24-19-27;;/h27-28H,3-26H2,1-2H3;2*1H. The van der Waals surface area contributed by atoms with Crippen LogP contribution in [0, 0.1) is 11.8 Å². The number of halogens is 2. The molecule has 0 N–H and O–H groups in total. The minimum absolute atomic E-state index is 0. The van der Waals surface area contributed by atoms with Crippen molar-refractivity contribution in [3.63, 3.8) is 0 Å². The fourth-order valence-electron chi connectivity index (χ4n) is 5.67. The van der Waals surface area contributed by atoms with Gasteiger partial charge < -0.3 is 9.80 Å². The van der Waals surface area contributed by atoms with Crippen molar-refractivity contribution in [2.75, 3.05) is 39.8 Å². The Morgan fingerprint density at radius 1 is 0.531 bits per heavy atom. The lowest BCUT2D eigenvalue weighted by molar-refractivity contribution is 0.159. The van der Waals surface area contributed by atoms with Crippen molar-refractivity contribution in [2.45, 2.75) is 129 Å². The van der Waals surface area contributed by atoms with Crippen molar-refractivity contribution >= 4 is 24.8 Å². The predicted molar refractivity (Wildman–Crippen MR) is 149 cm³/mol. The molecular weight excluding hydrogens is 435 g/mol. The van der Waals surface area contributed by atoms with Gasteiger partial charge in [-0.15, -0.1) is 24.8 Å². The van der Waals surface area contributed by atoms with Gasteiger partial charge in [0, 0.05) is 0 Å². The number of nitrogens with zero attached hydrogens (tertiary/aromatic N) is 2. The lowest BCUT2D eigenvalue weighted by atomic mass is 9.85. The summed E-state index contributed by atoms with van der Waals surface area (Å²) >= 11 is 0. The highest BCUT2D eigenvalue weighted by molar-refractivity contribution is 5.85. The third-order valence-corrected chi connectivity index (χ3v) is 8.11. The van der Waals surface area contributed by atoms with Gasteiger partial charge in [-0.1, -0.05) is 96.8 Å². The lowest BCUT2D eigenvalue weighted by Gasteiger charge is -2.34. The van der Waals surface area contributed by atoms with Gasteiger partial charge in [0.25, 0.3) is 0 Å². The Morgan fingerprint density at radius 2 is 0.906 bits per heavy atom. The first kappa shape index (κ1) is 32.5. The maximum Gasteiger partial charge on any atom is -0.00161 e. The van der Waals surface area contributed by atoms with Crippen LogP contribution in [-0.2, 0) is 0 Å². The summed E-state index contributed by atoms with van der Waals surface area (Å²) in [4.78, 5) is 5.27. The quantitative estimate of drug-likeness (QED) is 0.187. The molecule has 4 heteroatoms. The van der Waals surface area contributed by atoms with E-state index in [2.05, 4.69) is 23.8 Å². The average molecular weight is 494 g/mol. The summed E-state index contributed by atoms with van der Waals surface area (Å²) in [5.41, 5.74) is 0. The van der Waals surface area contributed by atoms with E-state index in [0.29, 0.717) is 0 Å². The van der Waals surface area contributed by atoms with E-state index < -0.39 is 0 Å². The van der Waals surface area contributed by atoms with E-state index in [1.165, 1.54) is 155 Å². The molecule has 0 saturated carbocycles. The van der Waals surface area contributed by atoms with E-state index in [9.17, 15) is 0 Å². The third-order valence-electron chi connectivity index (χ3n) is 8.11. The average Bonchev–Trinajstić information content (AvgIpc) is 2.77. The molecule has 2 aliphatic rings. The molecule has 0 amide bonds. The Morgan fingerprint density at radius 3 is 1.34 bits per heavy atom. The van der Waals surface area contributed by atoms with Crippen molar-refractivity contribution in [1.29, 1.82) is 0 Å². The summed E-state index contributed by atoms with van der Waals surface area (Å²) in [5, 5.41) is 0. The molecule has 2 fully saturated rings. The van der Waals surface area contributed by atoms with Crippen LogP contribution in [0.25, 0.3) is 0 Å². The number of likely N-dealkylation sites (tertiary alicyclic amines) is 2. The molecule has 0 radical (unpaired) electrons. The first-order valence-electron chi connectivity index (χ1n) is 14.2. The summed E-state index contributed by atoms with van der Waals surface area (Å²) in [6, 6.07) is 0. The molecule has 2 heterocycles. The van der Waals surface area contributed by atoms with Crippen LogP contribution in [0.1, 0.15) is 129 Å². The van der Waals surface area contributed by atoms with Crippen LogP contribution >= 0.6 is 24.8 Å². The largest absolute Gasteiger partial charge is 0.306 e. The van der Waals surface area contributed by atoms with Crippen molar-refractivity contribution in [3.05, 3.63) is 0 Å². The zero-order chi connectivity index (χ0) is 21.3. The highest BCUT2D eigenvalue weighted by Gasteiger charge is 2.21. The zero-order valence-electron chi connectivity index (χ0n) is 21.8. The molecule has 2 rings (SSSR count). The van der Waals surface area contributed by atoms with Gasteiger partial charge in [-0.2, -0.15) is 0 Å². The highest BCUT2D eigenvalue weighted by atomic mass is 35.5. The van der Waals surface area contributed by atoms with E-state index in [1.54, 1.807) is 0 Å². The minimum atomic E-state index is 0. The van der Waals surface area contributed by atoms with Gasteiger partial charge >= 0.3 is 0 Å². The number of hydrogen-bond acceptors (Lipinski definition) is 2. The van der Waals surface area contributed by atoms with E-state index in [0.717, 1.165) is 11.8 Å². The van der Waals surface area contributed by atoms with Crippen LogP contribution in [0.4, 0.5) is 0 Å². The second kappa shape index (κ2) is 22.0. The smallest absolute Gasteiger partial charge is 0.00161 e. The van der Waals surface area contributed by atoms with Crippen LogP contribution in [0.5, 0.6) is 0 Å². The molecule has 2 saturated heterocycles. The van der Waals surface area contributed by atoms with Gasteiger partial charge in [0.05, 0.1) is 0 Å². The Bertz CT molecular complexity index is 378. The summed E-state index contributed by atoms with van der Waals surface area (Å²) in [5.74, 6) is 2.07. The van der Waals surface area contributed by atoms with Crippen LogP contribution in [0.15, 0.2) is 0 Å². The molecular formula is C28H58Cl2N2. The van der Waals surface area contributed by atoms with Gasteiger partial charge in [0.1, 0.15) is 0 Å². The second-order valence-electron chi connectivity index (χ2n) is 10.9. The molecule has 0 bridgehead atoms. The lowest BCUT2D eigenvalue weighted by Crippen LogP contribution is -2.35. The van der Waals surface area contributed by atoms with Crippen molar-refractivity contribution < 1.29 is 0 Å². The molecule has 0 aliphatic carbocycles. The van der Waals surface area contributed by atoms with E-state index in [1.807, 2.05) is 0 Å². The van der Waals surface area contributed by atoms with Gasteiger partial charge in [0.15, 0.2) is 0 Å². The molecule has 32 heavy (non-hydrogen) atoms. The second-order valence-corrected chi connectivity index (χ2v) is 10.9. The fourth-order valence-corrected chi connectivity index (χ4v) is 5.67. The molecule has 0 aromatic rings. The SMILES string of the molecule is CCCCCCCCCCCCCCCN1CCC(CCC2CCN(C)CC2)CC1.Cl.Cl. The Hall–Kier alpha value is 0.500. The monoisotopic (exact) mass is 492 g/mol. The number of unbranched alkanes of at least 4 members (excludes halogenated alkanes) is 12. The number of rotatable bonds is 17. The fraction of sp³-hybridized carbons (Fsp3) is 1.00. The third kappa shape index (κ3) is 16.2.